The number of benzene rings is 2. The van der Waals surface area contributed by atoms with Gasteiger partial charge >= 0.3 is 0 Å². The normalized spacial score (nSPS) is 16.8. The molecule has 0 radical (unpaired) electrons. The number of anilines is 1. The zero-order chi connectivity index (χ0) is 22.4. The molecule has 0 N–H and O–H groups in total. The molecular weight excluding hydrogens is 418 g/mol. The van der Waals surface area contributed by atoms with Crippen LogP contribution in [0.15, 0.2) is 59.4 Å². The maximum absolute atomic E-state index is 13.4. The van der Waals surface area contributed by atoms with E-state index in [1.54, 1.807) is 10.6 Å². The van der Waals surface area contributed by atoms with Crippen molar-refractivity contribution in [2.75, 3.05) is 24.5 Å². The molecule has 1 aliphatic heterocycles. The molecule has 0 unspecified atom stereocenters. The summed E-state index contributed by atoms with van der Waals surface area (Å²) in [5.74, 6) is 0.0214. The fraction of sp³-hybridized carbons (Fsp3) is 0.308. The van der Waals surface area contributed by atoms with E-state index in [9.17, 15) is 9.59 Å². The summed E-state index contributed by atoms with van der Waals surface area (Å²) >= 11 is 1.44. The fourth-order valence-electron chi connectivity index (χ4n) is 4.74. The lowest BCUT2D eigenvalue weighted by Gasteiger charge is -2.41. The number of amides is 1. The van der Waals surface area contributed by atoms with E-state index in [4.69, 9.17) is 0 Å². The van der Waals surface area contributed by atoms with Gasteiger partial charge in [-0.3, -0.25) is 9.59 Å². The minimum absolute atomic E-state index is 0.0194. The van der Waals surface area contributed by atoms with Crippen molar-refractivity contribution in [3.63, 3.8) is 0 Å². The van der Waals surface area contributed by atoms with Crippen LogP contribution < -0.4 is 10.5 Å². The number of carbonyl (C=O) groups is 1. The number of carbonyl (C=O) groups excluding carboxylic acids is 1. The lowest BCUT2D eigenvalue weighted by molar-refractivity contribution is 0.0731. The Labute approximate surface area is 191 Å². The Balaban J connectivity index is 1.45. The quantitative estimate of drug-likeness (QED) is 0.451. The third-order valence-corrected chi connectivity index (χ3v) is 7.61. The lowest BCUT2D eigenvalue weighted by Crippen LogP contribution is -2.53. The first-order valence-corrected chi connectivity index (χ1v) is 12.0. The number of para-hydroxylation sites is 1. The second-order valence-corrected chi connectivity index (χ2v) is 9.60. The molecule has 0 spiro atoms. The van der Waals surface area contributed by atoms with Crippen LogP contribution in [0.1, 0.15) is 29.1 Å². The molecule has 2 aromatic heterocycles. The summed E-state index contributed by atoms with van der Waals surface area (Å²) in [7, 11) is 0. The smallest absolute Gasteiger partial charge is 0.264 e. The SMILES string of the molecule is CCn1c(=O)c2cc(C(=O)N3CCN(c4ccc(C)cc4)[C@@H](C)C3)sc2c2ccccc21. The van der Waals surface area contributed by atoms with Gasteiger partial charge in [0.2, 0.25) is 0 Å². The van der Waals surface area contributed by atoms with Gasteiger partial charge in [0.25, 0.3) is 11.5 Å². The summed E-state index contributed by atoms with van der Waals surface area (Å²) < 4.78 is 2.70. The second-order valence-electron chi connectivity index (χ2n) is 8.55. The highest BCUT2D eigenvalue weighted by Gasteiger charge is 2.29. The molecule has 0 saturated carbocycles. The van der Waals surface area contributed by atoms with Gasteiger partial charge in [0, 0.05) is 48.0 Å². The lowest BCUT2D eigenvalue weighted by atomic mass is 10.1. The van der Waals surface area contributed by atoms with Crippen LogP contribution in [0, 0.1) is 6.92 Å². The van der Waals surface area contributed by atoms with Crippen LogP contribution in [0.25, 0.3) is 21.0 Å². The van der Waals surface area contributed by atoms with E-state index >= 15 is 0 Å². The van der Waals surface area contributed by atoms with Crippen molar-refractivity contribution in [2.24, 2.45) is 0 Å². The Morgan fingerprint density at radius 2 is 1.81 bits per heavy atom. The highest BCUT2D eigenvalue weighted by atomic mass is 32.1. The van der Waals surface area contributed by atoms with E-state index in [0.717, 1.165) is 22.1 Å². The maximum atomic E-state index is 13.4. The Kier molecular flexibility index (Phi) is 5.25. The van der Waals surface area contributed by atoms with E-state index in [-0.39, 0.29) is 17.5 Å². The Hall–Kier alpha value is -3.12. The van der Waals surface area contributed by atoms with E-state index in [0.29, 0.717) is 29.9 Å². The Bertz CT molecular complexity index is 1370. The molecule has 1 saturated heterocycles. The number of thiophene rings is 1. The van der Waals surface area contributed by atoms with Gasteiger partial charge in [-0.05, 0) is 45.0 Å². The van der Waals surface area contributed by atoms with Crippen molar-refractivity contribution in [1.29, 1.82) is 0 Å². The zero-order valence-electron chi connectivity index (χ0n) is 18.7. The van der Waals surface area contributed by atoms with Gasteiger partial charge < -0.3 is 14.4 Å². The van der Waals surface area contributed by atoms with Gasteiger partial charge in [0.15, 0.2) is 0 Å². The number of hydrogen-bond donors (Lipinski definition) is 0. The number of aromatic nitrogens is 1. The average Bonchev–Trinajstić information content (AvgIpc) is 3.26. The van der Waals surface area contributed by atoms with Crippen molar-refractivity contribution in [2.45, 2.75) is 33.4 Å². The third kappa shape index (κ3) is 3.39. The van der Waals surface area contributed by atoms with Crippen LogP contribution >= 0.6 is 11.3 Å². The Morgan fingerprint density at radius 1 is 1.06 bits per heavy atom. The number of hydrogen-bond acceptors (Lipinski definition) is 4. The zero-order valence-corrected chi connectivity index (χ0v) is 19.5. The molecule has 0 bridgehead atoms. The molecule has 6 heteroatoms. The average molecular weight is 446 g/mol. The topological polar surface area (TPSA) is 45.6 Å². The monoisotopic (exact) mass is 445 g/mol. The highest BCUT2D eigenvalue weighted by Crippen LogP contribution is 2.32. The number of nitrogens with zero attached hydrogens (tertiary/aromatic N) is 3. The van der Waals surface area contributed by atoms with Crippen LogP contribution in [0.2, 0.25) is 0 Å². The molecule has 164 valence electrons. The van der Waals surface area contributed by atoms with Gasteiger partial charge in [-0.25, -0.2) is 0 Å². The minimum atomic E-state index is -0.0194. The standard InChI is InChI=1S/C26H27N3O2S/c1-4-28-22-8-6-5-7-20(22)24-21(25(28)30)15-23(32-24)26(31)27-13-14-29(18(3)16-27)19-11-9-17(2)10-12-19/h5-12,15,18H,4,13-14,16H2,1-3H3/t18-/m0/s1. The molecular formula is C26H27N3O2S. The van der Waals surface area contributed by atoms with Gasteiger partial charge in [-0.1, -0.05) is 35.9 Å². The van der Waals surface area contributed by atoms with Crippen molar-refractivity contribution in [3.8, 4) is 0 Å². The largest absolute Gasteiger partial charge is 0.365 e. The van der Waals surface area contributed by atoms with E-state index in [1.807, 2.05) is 36.1 Å². The van der Waals surface area contributed by atoms with Crippen molar-refractivity contribution >= 4 is 43.9 Å². The van der Waals surface area contributed by atoms with Gasteiger partial charge in [0.1, 0.15) is 0 Å². The van der Waals surface area contributed by atoms with E-state index in [2.05, 4.69) is 43.0 Å². The summed E-state index contributed by atoms with van der Waals surface area (Å²) in [5.41, 5.74) is 3.35. The molecule has 3 heterocycles. The minimum Gasteiger partial charge on any atom is -0.365 e. The molecule has 2 aromatic carbocycles. The molecule has 0 aliphatic carbocycles. The maximum Gasteiger partial charge on any atom is 0.264 e. The molecule has 5 rings (SSSR count). The number of aryl methyl sites for hydroxylation is 2. The van der Waals surface area contributed by atoms with Crippen molar-refractivity contribution in [3.05, 3.63) is 75.4 Å². The summed E-state index contributed by atoms with van der Waals surface area (Å²) in [5, 5.41) is 1.68. The third-order valence-electron chi connectivity index (χ3n) is 6.45. The first-order chi connectivity index (χ1) is 15.5. The number of piperazine rings is 1. The summed E-state index contributed by atoms with van der Waals surface area (Å²) in [6.07, 6.45) is 0. The number of pyridine rings is 1. The molecule has 1 aliphatic rings. The van der Waals surface area contributed by atoms with E-state index < -0.39 is 0 Å². The fourth-order valence-corrected chi connectivity index (χ4v) is 5.89. The number of fused-ring (bicyclic) bond motifs is 3. The van der Waals surface area contributed by atoms with Crippen LogP contribution in [0.3, 0.4) is 0 Å². The molecule has 1 atom stereocenters. The van der Waals surface area contributed by atoms with Gasteiger partial charge in [-0.2, -0.15) is 0 Å². The second kappa shape index (κ2) is 8.10. The first-order valence-electron chi connectivity index (χ1n) is 11.2. The predicted octanol–water partition coefficient (Wildman–Crippen LogP) is 4.90. The first kappa shape index (κ1) is 20.8. The molecule has 1 amide bonds. The van der Waals surface area contributed by atoms with Crippen LogP contribution in [0.4, 0.5) is 5.69 Å². The predicted molar refractivity (Wildman–Crippen MR) is 133 cm³/mol. The summed E-state index contributed by atoms with van der Waals surface area (Å²) in [6.45, 7) is 8.98. The summed E-state index contributed by atoms with van der Waals surface area (Å²) in [4.78, 5) is 31.5. The molecule has 4 aromatic rings. The summed E-state index contributed by atoms with van der Waals surface area (Å²) in [6, 6.07) is 18.5. The molecule has 32 heavy (non-hydrogen) atoms. The van der Waals surface area contributed by atoms with Crippen molar-refractivity contribution < 1.29 is 4.79 Å². The highest BCUT2D eigenvalue weighted by molar-refractivity contribution is 7.21. The Morgan fingerprint density at radius 3 is 2.53 bits per heavy atom. The van der Waals surface area contributed by atoms with Gasteiger partial charge in [0.05, 0.1) is 15.8 Å². The van der Waals surface area contributed by atoms with Crippen LogP contribution in [0.5, 0.6) is 0 Å². The van der Waals surface area contributed by atoms with Gasteiger partial charge in [-0.15, -0.1) is 11.3 Å². The van der Waals surface area contributed by atoms with E-state index in [1.165, 1.54) is 22.6 Å². The molecule has 1 fully saturated rings. The molecule has 5 nitrogen and oxygen atoms in total. The van der Waals surface area contributed by atoms with Crippen LogP contribution in [-0.4, -0.2) is 41.1 Å². The van der Waals surface area contributed by atoms with Crippen molar-refractivity contribution in [1.82, 2.24) is 9.47 Å². The number of rotatable bonds is 3. The van der Waals surface area contributed by atoms with Crippen LogP contribution in [-0.2, 0) is 6.54 Å².